The largest absolute Gasteiger partial charge is 0.332 e. The molecular formula is C18H25N3OS. The number of nitrogens with one attached hydrogen (secondary N) is 2. The Morgan fingerprint density at radius 1 is 1.30 bits per heavy atom. The zero-order valence-corrected chi connectivity index (χ0v) is 15.3. The smallest absolute Gasteiger partial charge is 0.315 e. The van der Waals surface area contributed by atoms with Gasteiger partial charge in [-0.2, -0.15) is 0 Å². The van der Waals surface area contributed by atoms with E-state index in [1.165, 1.54) is 5.56 Å². The second-order valence-corrected chi connectivity index (χ2v) is 7.72. The van der Waals surface area contributed by atoms with Crippen LogP contribution in [0.5, 0.6) is 0 Å². The van der Waals surface area contributed by atoms with Crippen molar-refractivity contribution in [3.63, 3.8) is 0 Å². The topological polar surface area (TPSA) is 54.0 Å². The molecule has 1 aromatic heterocycles. The summed E-state index contributed by atoms with van der Waals surface area (Å²) in [7, 11) is 0. The number of nitrogens with zero attached hydrogens (tertiary/aromatic N) is 1. The third-order valence-corrected chi connectivity index (χ3v) is 4.57. The molecule has 0 spiro atoms. The number of rotatable bonds is 4. The number of aromatic nitrogens is 1. The fourth-order valence-corrected chi connectivity index (χ4v) is 3.25. The first kappa shape index (κ1) is 17.5. The molecule has 0 saturated heterocycles. The van der Waals surface area contributed by atoms with Crippen LogP contribution in [0.1, 0.15) is 55.6 Å². The summed E-state index contributed by atoms with van der Waals surface area (Å²) < 4.78 is 0. The van der Waals surface area contributed by atoms with Crippen LogP contribution >= 0.6 is 11.3 Å². The van der Waals surface area contributed by atoms with Crippen molar-refractivity contribution < 1.29 is 4.79 Å². The number of aryl methyl sites for hydroxylation is 1. The molecule has 0 bridgehead atoms. The highest BCUT2D eigenvalue weighted by Gasteiger charge is 2.17. The quantitative estimate of drug-likeness (QED) is 0.877. The van der Waals surface area contributed by atoms with Gasteiger partial charge in [-0.25, -0.2) is 9.78 Å². The van der Waals surface area contributed by atoms with E-state index in [0.717, 1.165) is 16.3 Å². The summed E-state index contributed by atoms with van der Waals surface area (Å²) in [4.78, 5) is 16.7. The van der Waals surface area contributed by atoms with E-state index >= 15 is 0 Å². The van der Waals surface area contributed by atoms with E-state index in [1.807, 2.05) is 25.1 Å². The molecule has 0 aliphatic heterocycles. The van der Waals surface area contributed by atoms with Crippen molar-refractivity contribution >= 4 is 17.4 Å². The number of benzene rings is 1. The van der Waals surface area contributed by atoms with Gasteiger partial charge in [-0.15, -0.1) is 11.3 Å². The number of hydrogen-bond acceptors (Lipinski definition) is 3. The molecule has 1 heterocycles. The van der Waals surface area contributed by atoms with E-state index < -0.39 is 0 Å². The van der Waals surface area contributed by atoms with E-state index in [4.69, 9.17) is 0 Å². The first-order valence-corrected chi connectivity index (χ1v) is 8.70. The van der Waals surface area contributed by atoms with Crippen molar-refractivity contribution in [2.45, 2.75) is 52.6 Å². The van der Waals surface area contributed by atoms with Crippen LogP contribution in [0, 0.1) is 6.92 Å². The molecule has 2 aromatic rings. The standard InChI is InChI=1S/C18H25N3OS/c1-12-8-6-7-9-14(12)13(2)20-17(22)19-10-16-21-15(11-23-16)18(3,4)5/h6-9,11,13H,10H2,1-5H3,(H2,19,20,22). The molecule has 0 saturated carbocycles. The van der Waals surface area contributed by atoms with Crippen molar-refractivity contribution in [3.05, 3.63) is 51.5 Å². The van der Waals surface area contributed by atoms with Gasteiger partial charge in [0.15, 0.2) is 0 Å². The zero-order chi connectivity index (χ0) is 17.0. The molecule has 23 heavy (non-hydrogen) atoms. The van der Waals surface area contributed by atoms with Crippen LogP contribution in [0.3, 0.4) is 0 Å². The van der Waals surface area contributed by atoms with Gasteiger partial charge < -0.3 is 10.6 Å². The zero-order valence-electron chi connectivity index (χ0n) is 14.4. The van der Waals surface area contributed by atoms with Crippen LogP contribution in [-0.2, 0) is 12.0 Å². The first-order chi connectivity index (χ1) is 10.8. The highest BCUT2D eigenvalue weighted by molar-refractivity contribution is 7.09. The lowest BCUT2D eigenvalue weighted by Gasteiger charge is -2.17. The molecule has 1 atom stereocenters. The SMILES string of the molecule is Cc1ccccc1C(C)NC(=O)NCc1nc(C(C)(C)C)cs1. The number of amides is 2. The minimum atomic E-state index is -0.173. The molecule has 0 aliphatic carbocycles. The van der Waals surface area contributed by atoms with E-state index in [1.54, 1.807) is 11.3 Å². The van der Waals surface area contributed by atoms with E-state index in [2.05, 4.69) is 54.8 Å². The first-order valence-electron chi connectivity index (χ1n) is 7.82. The maximum Gasteiger partial charge on any atom is 0.315 e. The molecule has 1 aromatic carbocycles. The third-order valence-electron chi connectivity index (χ3n) is 3.72. The van der Waals surface area contributed by atoms with Crippen molar-refractivity contribution in [3.8, 4) is 0 Å². The molecule has 124 valence electrons. The van der Waals surface area contributed by atoms with Crippen LogP contribution in [0.4, 0.5) is 4.79 Å². The lowest BCUT2D eigenvalue weighted by atomic mass is 9.93. The number of carbonyl (C=O) groups is 1. The molecule has 1 unspecified atom stereocenters. The van der Waals surface area contributed by atoms with Crippen LogP contribution in [-0.4, -0.2) is 11.0 Å². The minimum Gasteiger partial charge on any atom is -0.332 e. The third kappa shape index (κ3) is 4.79. The molecule has 4 nitrogen and oxygen atoms in total. The molecule has 0 aliphatic rings. The molecule has 0 fully saturated rings. The van der Waals surface area contributed by atoms with Crippen LogP contribution in [0.25, 0.3) is 0 Å². The monoisotopic (exact) mass is 331 g/mol. The van der Waals surface area contributed by atoms with Crippen molar-refractivity contribution in [2.24, 2.45) is 0 Å². The maximum atomic E-state index is 12.1. The lowest BCUT2D eigenvalue weighted by Crippen LogP contribution is -2.36. The van der Waals surface area contributed by atoms with Crippen LogP contribution in [0.2, 0.25) is 0 Å². The second kappa shape index (κ2) is 7.13. The molecule has 5 heteroatoms. The Bertz CT molecular complexity index is 673. The Hall–Kier alpha value is -1.88. The van der Waals surface area contributed by atoms with Gasteiger partial charge in [0.1, 0.15) is 5.01 Å². The van der Waals surface area contributed by atoms with Gasteiger partial charge in [-0.1, -0.05) is 45.0 Å². The Kier molecular flexibility index (Phi) is 5.42. The molecule has 0 radical (unpaired) electrons. The summed E-state index contributed by atoms with van der Waals surface area (Å²) in [6.07, 6.45) is 0. The Morgan fingerprint density at radius 2 is 2.00 bits per heavy atom. The van der Waals surface area contributed by atoms with Crippen LogP contribution in [0.15, 0.2) is 29.6 Å². The van der Waals surface area contributed by atoms with Gasteiger partial charge in [0.25, 0.3) is 0 Å². The fourth-order valence-electron chi connectivity index (χ4n) is 2.29. The normalized spacial score (nSPS) is 12.7. The van der Waals surface area contributed by atoms with Crippen molar-refractivity contribution in [1.82, 2.24) is 15.6 Å². The fraction of sp³-hybridized carbons (Fsp3) is 0.444. The summed E-state index contributed by atoms with van der Waals surface area (Å²) >= 11 is 1.58. The summed E-state index contributed by atoms with van der Waals surface area (Å²) in [5.41, 5.74) is 3.41. The van der Waals surface area contributed by atoms with E-state index in [0.29, 0.717) is 6.54 Å². The molecule has 2 N–H and O–H groups in total. The average Bonchev–Trinajstić information content (AvgIpc) is 2.94. The van der Waals surface area contributed by atoms with Gasteiger partial charge >= 0.3 is 6.03 Å². The lowest BCUT2D eigenvalue weighted by molar-refractivity contribution is 0.237. The van der Waals surface area contributed by atoms with Crippen molar-refractivity contribution in [2.75, 3.05) is 0 Å². The molecule has 2 rings (SSSR count). The van der Waals surface area contributed by atoms with Gasteiger partial charge in [0.05, 0.1) is 18.3 Å². The summed E-state index contributed by atoms with van der Waals surface area (Å²) in [5.74, 6) is 0. The summed E-state index contributed by atoms with van der Waals surface area (Å²) in [6.45, 7) is 10.9. The predicted molar refractivity (Wildman–Crippen MR) is 95.8 cm³/mol. The Morgan fingerprint density at radius 3 is 2.61 bits per heavy atom. The number of thiazole rings is 1. The highest BCUT2D eigenvalue weighted by atomic mass is 32.1. The number of carbonyl (C=O) groups excluding carboxylic acids is 1. The van der Waals surface area contributed by atoms with Crippen molar-refractivity contribution in [1.29, 1.82) is 0 Å². The van der Waals surface area contributed by atoms with E-state index in [-0.39, 0.29) is 17.5 Å². The van der Waals surface area contributed by atoms with Gasteiger partial charge in [-0.05, 0) is 25.0 Å². The summed E-state index contributed by atoms with van der Waals surface area (Å²) in [5, 5.41) is 8.84. The average molecular weight is 331 g/mol. The van der Waals surface area contributed by atoms with Crippen LogP contribution < -0.4 is 10.6 Å². The van der Waals surface area contributed by atoms with Gasteiger partial charge in [0.2, 0.25) is 0 Å². The van der Waals surface area contributed by atoms with E-state index in [9.17, 15) is 4.79 Å². The molecule has 2 amide bonds. The summed E-state index contributed by atoms with van der Waals surface area (Å²) in [6, 6.07) is 7.88. The number of hydrogen-bond donors (Lipinski definition) is 2. The minimum absolute atomic E-state index is 0.0300. The Labute approximate surface area is 142 Å². The molecular weight excluding hydrogens is 306 g/mol. The van der Waals surface area contributed by atoms with Gasteiger partial charge in [-0.3, -0.25) is 0 Å². The predicted octanol–water partition coefficient (Wildman–Crippen LogP) is 4.31. The Balaban J connectivity index is 1.88. The number of urea groups is 1. The maximum absolute atomic E-state index is 12.1. The van der Waals surface area contributed by atoms with Gasteiger partial charge in [0, 0.05) is 10.8 Å². The second-order valence-electron chi connectivity index (χ2n) is 6.78. The highest BCUT2D eigenvalue weighted by Crippen LogP contribution is 2.23.